The van der Waals surface area contributed by atoms with Gasteiger partial charge in [-0.3, -0.25) is 4.79 Å². The minimum Gasteiger partial charge on any atom is -0.324 e. The zero-order valence-electron chi connectivity index (χ0n) is 10.2. The van der Waals surface area contributed by atoms with Crippen molar-refractivity contribution < 1.29 is 13.2 Å². The number of nitriles is 1. The van der Waals surface area contributed by atoms with Gasteiger partial charge < -0.3 is 5.32 Å². The number of amides is 1. The van der Waals surface area contributed by atoms with Gasteiger partial charge in [-0.15, -0.1) is 0 Å². The molecule has 0 bridgehead atoms. The molecular formula is C12H14N2O3S. The normalized spacial score (nSPS) is 12.5. The largest absolute Gasteiger partial charge is 0.324 e. The lowest BCUT2D eigenvalue weighted by Crippen LogP contribution is -2.33. The van der Waals surface area contributed by atoms with Crippen molar-refractivity contribution in [1.82, 2.24) is 0 Å². The molecule has 1 atom stereocenters. The SMILES string of the molecule is CCS(=O)(=O)C(C)C(=O)Nc1ccccc1C#N. The Kier molecular flexibility index (Phi) is 4.45. The van der Waals surface area contributed by atoms with Crippen LogP contribution in [0.3, 0.4) is 0 Å². The Balaban J connectivity index is 2.93. The number of rotatable bonds is 4. The van der Waals surface area contributed by atoms with Crippen LogP contribution in [0.15, 0.2) is 24.3 Å². The van der Waals surface area contributed by atoms with E-state index in [-0.39, 0.29) is 5.75 Å². The van der Waals surface area contributed by atoms with Gasteiger partial charge in [-0.2, -0.15) is 5.26 Å². The summed E-state index contributed by atoms with van der Waals surface area (Å²) in [7, 11) is -3.43. The summed E-state index contributed by atoms with van der Waals surface area (Å²) in [5.41, 5.74) is 0.620. The molecule has 0 aliphatic rings. The van der Waals surface area contributed by atoms with Crippen LogP contribution in [-0.2, 0) is 14.6 Å². The maximum atomic E-state index is 11.8. The minimum atomic E-state index is -3.43. The van der Waals surface area contributed by atoms with Crippen molar-refractivity contribution in [3.05, 3.63) is 29.8 Å². The molecular weight excluding hydrogens is 252 g/mol. The molecule has 1 aromatic rings. The highest BCUT2D eigenvalue weighted by molar-refractivity contribution is 7.92. The Morgan fingerprint density at radius 1 is 1.44 bits per heavy atom. The number of para-hydroxylation sites is 1. The smallest absolute Gasteiger partial charge is 0.242 e. The molecule has 1 amide bonds. The number of nitrogens with one attached hydrogen (secondary N) is 1. The predicted octanol–water partition coefficient (Wildman–Crippen LogP) is 1.32. The molecule has 1 N–H and O–H groups in total. The molecule has 18 heavy (non-hydrogen) atoms. The number of carbonyl (C=O) groups is 1. The Morgan fingerprint density at radius 3 is 2.61 bits per heavy atom. The third-order valence-corrected chi connectivity index (χ3v) is 4.71. The van der Waals surface area contributed by atoms with Crippen molar-refractivity contribution >= 4 is 21.4 Å². The summed E-state index contributed by atoms with van der Waals surface area (Å²) < 4.78 is 23.1. The lowest BCUT2D eigenvalue weighted by molar-refractivity contribution is -0.115. The molecule has 5 nitrogen and oxygen atoms in total. The molecule has 6 heteroatoms. The van der Waals surface area contributed by atoms with Crippen molar-refractivity contribution in [3.63, 3.8) is 0 Å². The standard InChI is InChI=1S/C12H14N2O3S/c1-3-18(16,17)9(2)12(15)14-11-7-5-4-6-10(11)8-13/h4-7,9H,3H2,1-2H3,(H,14,15). The Labute approximate surface area is 106 Å². The fraction of sp³-hybridized carbons (Fsp3) is 0.333. The molecule has 0 aliphatic carbocycles. The summed E-state index contributed by atoms with van der Waals surface area (Å²) in [5, 5.41) is 10.2. The van der Waals surface area contributed by atoms with E-state index in [4.69, 9.17) is 5.26 Å². The average molecular weight is 266 g/mol. The second-order valence-corrected chi connectivity index (χ2v) is 6.35. The van der Waals surface area contributed by atoms with E-state index in [2.05, 4.69) is 5.32 Å². The molecule has 1 aromatic carbocycles. The first-order valence-electron chi connectivity index (χ1n) is 5.44. The molecule has 0 fully saturated rings. The minimum absolute atomic E-state index is 0.0958. The van der Waals surface area contributed by atoms with Gasteiger partial charge in [0.1, 0.15) is 11.3 Å². The van der Waals surface area contributed by atoms with Crippen LogP contribution in [0, 0.1) is 11.3 Å². The molecule has 1 rings (SSSR count). The lowest BCUT2D eigenvalue weighted by Gasteiger charge is -2.12. The summed E-state index contributed by atoms with van der Waals surface area (Å²) in [4.78, 5) is 11.8. The Bertz CT molecular complexity index is 588. The molecule has 0 saturated carbocycles. The third kappa shape index (κ3) is 3.08. The highest BCUT2D eigenvalue weighted by Gasteiger charge is 2.26. The van der Waals surface area contributed by atoms with Crippen LogP contribution in [-0.4, -0.2) is 25.3 Å². The van der Waals surface area contributed by atoms with Crippen LogP contribution in [0.25, 0.3) is 0 Å². The van der Waals surface area contributed by atoms with Crippen LogP contribution >= 0.6 is 0 Å². The first-order chi connectivity index (χ1) is 8.42. The summed E-state index contributed by atoms with van der Waals surface area (Å²) in [6.07, 6.45) is 0. The fourth-order valence-corrected chi connectivity index (χ4v) is 2.22. The maximum Gasteiger partial charge on any atom is 0.242 e. The zero-order valence-corrected chi connectivity index (χ0v) is 11.0. The summed E-state index contributed by atoms with van der Waals surface area (Å²) in [6, 6.07) is 8.37. The summed E-state index contributed by atoms with van der Waals surface area (Å²) >= 11 is 0. The first kappa shape index (κ1) is 14.2. The second-order valence-electron chi connectivity index (χ2n) is 3.74. The average Bonchev–Trinajstić information content (AvgIpc) is 2.38. The van der Waals surface area contributed by atoms with Gasteiger partial charge in [0.15, 0.2) is 9.84 Å². The lowest BCUT2D eigenvalue weighted by atomic mass is 10.2. The summed E-state index contributed by atoms with van der Waals surface area (Å²) in [6.45, 7) is 2.82. The topological polar surface area (TPSA) is 87.0 Å². The number of benzene rings is 1. The number of carbonyl (C=O) groups excluding carboxylic acids is 1. The second kappa shape index (κ2) is 5.65. The highest BCUT2D eigenvalue weighted by atomic mass is 32.2. The van der Waals surface area contributed by atoms with E-state index in [0.29, 0.717) is 11.3 Å². The molecule has 1 unspecified atom stereocenters. The van der Waals surface area contributed by atoms with Gasteiger partial charge in [0.05, 0.1) is 11.3 Å². The van der Waals surface area contributed by atoms with Crippen molar-refractivity contribution in [2.24, 2.45) is 0 Å². The molecule has 0 radical (unpaired) electrons. The van der Waals surface area contributed by atoms with Gasteiger partial charge >= 0.3 is 0 Å². The van der Waals surface area contributed by atoms with Crippen molar-refractivity contribution in [2.75, 3.05) is 11.1 Å². The van der Waals surface area contributed by atoms with E-state index in [1.807, 2.05) is 6.07 Å². The van der Waals surface area contributed by atoms with Crippen LogP contribution in [0.4, 0.5) is 5.69 Å². The van der Waals surface area contributed by atoms with Gasteiger partial charge in [0.25, 0.3) is 0 Å². The highest BCUT2D eigenvalue weighted by Crippen LogP contribution is 2.15. The molecule has 96 valence electrons. The molecule has 0 spiro atoms. The molecule has 0 aromatic heterocycles. The Hall–Kier alpha value is -1.87. The van der Waals surface area contributed by atoms with Crippen molar-refractivity contribution in [1.29, 1.82) is 5.26 Å². The van der Waals surface area contributed by atoms with Gasteiger partial charge in [0.2, 0.25) is 5.91 Å². The molecule has 0 aliphatic heterocycles. The van der Waals surface area contributed by atoms with Gasteiger partial charge in [-0.05, 0) is 19.1 Å². The monoisotopic (exact) mass is 266 g/mol. The van der Waals surface area contributed by atoms with E-state index in [9.17, 15) is 13.2 Å². The third-order valence-electron chi connectivity index (χ3n) is 2.62. The quantitative estimate of drug-likeness (QED) is 0.890. The first-order valence-corrected chi connectivity index (χ1v) is 7.15. The maximum absolute atomic E-state index is 11.8. The number of nitrogens with zero attached hydrogens (tertiary/aromatic N) is 1. The van der Waals surface area contributed by atoms with E-state index in [1.54, 1.807) is 24.3 Å². The predicted molar refractivity (Wildman–Crippen MR) is 68.7 cm³/mol. The fourth-order valence-electron chi connectivity index (χ4n) is 1.34. The van der Waals surface area contributed by atoms with Gasteiger partial charge in [0, 0.05) is 5.75 Å². The van der Waals surface area contributed by atoms with Gasteiger partial charge in [-0.1, -0.05) is 19.1 Å². The van der Waals surface area contributed by atoms with Crippen LogP contribution in [0.2, 0.25) is 0 Å². The molecule has 0 heterocycles. The number of hydrogen-bond donors (Lipinski definition) is 1. The van der Waals surface area contributed by atoms with E-state index >= 15 is 0 Å². The molecule has 0 saturated heterocycles. The van der Waals surface area contributed by atoms with Crippen molar-refractivity contribution in [2.45, 2.75) is 19.1 Å². The number of anilines is 1. The summed E-state index contributed by atoms with van der Waals surface area (Å²) in [5.74, 6) is -0.721. The number of hydrogen-bond acceptors (Lipinski definition) is 4. The van der Waals surface area contributed by atoms with Crippen LogP contribution in [0.5, 0.6) is 0 Å². The van der Waals surface area contributed by atoms with E-state index in [0.717, 1.165) is 0 Å². The van der Waals surface area contributed by atoms with E-state index in [1.165, 1.54) is 13.8 Å². The van der Waals surface area contributed by atoms with Gasteiger partial charge in [-0.25, -0.2) is 8.42 Å². The number of sulfone groups is 1. The zero-order chi connectivity index (χ0) is 13.8. The van der Waals surface area contributed by atoms with Crippen LogP contribution in [0.1, 0.15) is 19.4 Å². The van der Waals surface area contributed by atoms with Crippen LogP contribution < -0.4 is 5.32 Å². The Morgan fingerprint density at radius 2 is 2.06 bits per heavy atom. The van der Waals surface area contributed by atoms with Crippen molar-refractivity contribution in [3.8, 4) is 6.07 Å². The van der Waals surface area contributed by atoms with E-state index < -0.39 is 21.0 Å².